The number of nitrogens with one attached hydrogen (secondary N) is 1. The summed E-state index contributed by atoms with van der Waals surface area (Å²) in [5, 5.41) is 2.53. The number of ether oxygens (including phenoxy) is 1. The Morgan fingerprint density at radius 2 is 1.94 bits per heavy atom. The summed E-state index contributed by atoms with van der Waals surface area (Å²) < 4.78 is 18.5. The predicted molar refractivity (Wildman–Crippen MR) is 66.3 cm³/mol. The number of carbonyl (C=O) groups is 1. The van der Waals surface area contributed by atoms with Crippen LogP contribution >= 0.6 is 0 Å². The molecule has 2 rings (SSSR count). The van der Waals surface area contributed by atoms with Crippen molar-refractivity contribution < 1.29 is 13.9 Å². The molecule has 2 aromatic carbocycles. The van der Waals surface area contributed by atoms with Crippen molar-refractivity contribution in [1.29, 1.82) is 0 Å². The molecular formula is C14H12FNO2. The number of hydrogen-bond donors (Lipinski definition) is 1. The highest BCUT2D eigenvalue weighted by molar-refractivity contribution is 5.96. The van der Waals surface area contributed by atoms with Gasteiger partial charge in [-0.1, -0.05) is 18.2 Å². The number of amides is 1. The zero-order valence-electron chi connectivity index (χ0n) is 9.81. The van der Waals surface area contributed by atoms with Crippen molar-refractivity contribution in [3.05, 3.63) is 59.9 Å². The van der Waals surface area contributed by atoms with Gasteiger partial charge in [-0.3, -0.25) is 4.79 Å². The van der Waals surface area contributed by atoms with Crippen LogP contribution in [0.25, 0.3) is 0 Å². The molecule has 0 aliphatic carbocycles. The molecule has 2 aromatic rings. The maximum Gasteiger partial charge on any atom is 0.254 e. The predicted octanol–water partition coefficient (Wildman–Crippen LogP) is 2.98. The Bertz CT molecular complexity index is 569. The molecule has 4 heteroatoms. The number of hydrogen-bond acceptors (Lipinski definition) is 2. The average Bonchev–Trinajstić information content (AvgIpc) is 2.38. The second-order valence-electron chi connectivity index (χ2n) is 3.63. The van der Waals surface area contributed by atoms with Gasteiger partial charge in [-0.15, -0.1) is 0 Å². The van der Waals surface area contributed by atoms with Gasteiger partial charge in [0.15, 0.2) is 0 Å². The van der Waals surface area contributed by atoms with Crippen LogP contribution in [0, 0.1) is 5.82 Å². The van der Waals surface area contributed by atoms with Gasteiger partial charge in [-0.2, -0.15) is 0 Å². The largest absolute Gasteiger partial charge is 0.456 e. The summed E-state index contributed by atoms with van der Waals surface area (Å²) in [5.41, 5.74) is 0.407. The lowest BCUT2D eigenvalue weighted by molar-refractivity contribution is 0.0961. The molecule has 0 saturated carbocycles. The molecule has 0 aromatic heterocycles. The van der Waals surface area contributed by atoms with E-state index in [9.17, 15) is 9.18 Å². The number of carbonyl (C=O) groups excluding carboxylic acids is 1. The number of benzene rings is 2. The molecule has 0 fully saturated rings. The van der Waals surface area contributed by atoms with Gasteiger partial charge in [-0.25, -0.2) is 4.39 Å². The van der Waals surface area contributed by atoms with Crippen LogP contribution in [-0.2, 0) is 0 Å². The molecule has 0 bridgehead atoms. The first kappa shape index (κ1) is 12.1. The summed E-state index contributed by atoms with van der Waals surface area (Å²) >= 11 is 0. The van der Waals surface area contributed by atoms with E-state index in [2.05, 4.69) is 5.32 Å². The molecule has 18 heavy (non-hydrogen) atoms. The molecule has 0 unspecified atom stereocenters. The van der Waals surface area contributed by atoms with E-state index in [0.717, 1.165) is 0 Å². The van der Waals surface area contributed by atoms with Crippen molar-refractivity contribution >= 4 is 5.91 Å². The van der Waals surface area contributed by atoms with Gasteiger partial charge >= 0.3 is 0 Å². The van der Waals surface area contributed by atoms with E-state index in [1.807, 2.05) is 0 Å². The Balaban J connectivity index is 2.32. The van der Waals surface area contributed by atoms with E-state index in [1.165, 1.54) is 12.1 Å². The first-order valence-corrected chi connectivity index (χ1v) is 5.45. The van der Waals surface area contributed by atoms with Gasteiger partial charge in [0.2, 0.25) is 0 Å². The van der Waals surface area contributed by atoms with Crippen molar-refractivity contribution in [3.63, 3.8) is 0 Å². The summed E-state index contributed by atoms with van der Waals surface area (Å²) in [5.74, 6) is 0.112. The fraction of sp³-hybridized carbons (Fsp3) is 0.0714. The van der Waals surface area contributed by atoms with Gasteiger partial charge in [0, 0.05) is 13.1 Å². The minimum Gasteiger partial charge on any atom is -0.456 e. The van der Waals surface area contributed by atoms with E-state index >= 15 is 0 Å². The molecule has 1 amide bonds. The Morgan fingerprint density at radius 3 is 2.67 bits per heavy atom. The Kier molecular flexibility index (Phi) is 3.57. The van der Waals surface area contributed by atoms with Crippen molar-refractivity contribution in [3.8, 4) is 11.5 Å². The second kappa shape index (κ2) is 5.31. The highest BCUT2D eigenvalue weighted by Gasteiger charge is 2.11. The first-order chi connectivity index (χ1) is 8.70. The van der Waals surface area contributed by atoms with Crippen LogP contribution in [0.15, 0.2) is 48.5 Å². The van der Waals surface area contributed by atoms with Crippen LogP contribution in [0.1, 0.15) is 10.4 Å². The van der Waals surface area contributed by atoms with Gasteiger partial charge in [0.25, 0.3) is 5.91 Å². The number of halogens is 1. The maximum absolute atomic E-state index is 13.0. The Hall–Kier alpha value is -2.36. The molecule has 0 saturated heterocycles. The second-order valence-corrected chi connectivity index (χ2v) is 3.63. The number of para-hydroxylation sites is 1. The molecule has 0 aliphatic heterocycles. The summed E-state index contributed by atoms with van der Waals surface area (Å²) in [7, 11) is 1.54. The molecule has 0 radical (unpaired) electrons. The fourth-order valence-corrected chi connectivity index (χ4v) is 1.54. The van der Waals surface area contributed by atoms with Crippen LogP contribution < -0.4 is 10.1 Å². The molecule has 3 nitrogen and oxygen atoms in total. The van der Waals surface area contributed by atoms with E-state index in [-0.39, 0.29) is 11.7 Å². The minimum atomic E-state index is -0.384. The quantitative estimate of drug-likeness (QED) is 0.902. The third-order valence-corrected chi connectivity index (χ3v) is 2.38. The molecular weight excluding hydrogens is 233 g/mol. The highest BCUT2D eigenvalue weighted by Crippen LogP contribution is 2.25. The van der Waals surface area contributed by atoms with E-state index in [4.69, 9.17) is 4.74 Å². The van der Waals surface area contributed by atoms with Gasteiger partial charge in [0.1, 0.15) is 17.3 Å². The zero-order chi connectivity index (χ0) is 13.0. The monoisotopic (exact) mass is 245 g/mol. The van der Waals surface area contributed by atoms with Crippen LogP contribution in [-0.4, -0.2) is 13.0 Å². The lowest BCUT2D eigenvalue weighted by atomic mass is 10.2. The normalized spacial score (nSPS) is 9.89. The first-order valence-electron chi connectivity index (χ1n) is 5.45. The lowest BCUT2D eigenvalue weighted by Crippen LogP contribution is -2.18. The van der Waals surface area contributed by atoms with Crippen molar-refractivity contribution in [2.45, 2.75) is 0 Å². The zero-order valence-corrected chi connectivity index (χ0v) is 9.81. The average molecular weight is 245 g/mol. The van der Waals surface area contributed by atoms with Crippen LogP contribution in [0.5, 0.6) is 11.5 Å². The summed E-state index contributed by atoms with van der Waals surface area (Å²) in [4.78, 5) is 11.6. The minimum absolute atomic E-state index is 0.248. The Morgan fingerprint density at radius 1 is 1.17 bits per heavy atom. The van der Waals surface area contributed by atoms with Crippen molar-refractivity contribution in [2.75, 3.05) is 7.05 Å². The van der Waals surface area contributed by atoms with Crippen molar-refractivity contribution in [2.24, 2.45) is 0 Å². The van der Waals surface area contributed by atoms with E-state index in [1.54, 1.807) is 43.4 Å². The van der Waals surface area contributed by atoms with Gasteiger partial charge in [0.05, 0.1) is 5.56 Å². The highest BCUT2D eigenvalue weighted by atomic mass is 19.1. The maximum atomic E-state index is 13.0. The molecule has 0 aliphatic rings. The molecule has 1 N–H and O–H groups in total. The third-order valence-electron chi connectivity index (χ3n) is 2.38. The van der Waals surface area contributed by atoms with E-state index < -0.39 is 0 Å². The van der Waals surface area contributed by atoms with Gasteiger partial charge in [-0.05, 0) is 24.3 Å². The molecule has 0 heterocycles. The smallest absolute Gasteiger partial charge is 0.254 e. The summed E-state index contributed by atoms with van der Waals surface area (Å²) in [6.07, 6.45) is 0. The van der Waals surface area contributed by atoms with Gasteiger partial charge < -0.3 is 10.1 Å². The van der Waals surface area contributed by atoms with E-state index in [0.29, 0.717) is 17.1 Å². The van der Waals surface area contributed by atoms with Crippen LogP contribution in [0.4, 0.5) is 4.39 Å². The standard InChI is InChI=1S/C14H12FNO2/c1-16-14(17)12-7-2-3-8-13(12)18-11-6-4-5-10(15)9-11/h2-9H,1H3,(H,16,17). The summed E-state index contributed by atoms with van der Waals surface area (Å²) in [6, 6.07) is 12.6. The molecule has 0 spiro atoms. The third kappa shape index (κ3) is 2.66. The fourth-order valence-electron chi connectivity index (χ4n) is 1.54. The van der Waals surface area contributed by atoms with Crippen LogP contribution in [0.3, 0.4) is 0 Å². The SMILES string of the molecule is CNC(=O)c1ccccc1Oc1cccc(F)c1. The van der Waals surface area contributed by atoms with Crippen LogP contribution in [0.2, 0.25) is 0 Å². The topological polar surface area (TPSA) is 38.3 Å². The Labute approximate surface area is 104 Å². The number of rotatable bonds is 3. The van der Waals surface area contributed by atoms with Crippen molar-refractivity contribution in [1.82, 2.24) is 5.32 Å². The summed E-state index contributed by atoms with van der Waals surface area (Å²) in [6.45, 7) is 0. The molecule has 92 valence electrons. The lowest BCUT2D eigenvalue weighted by Gasteiger charge is -2.09. The molecule has 0 atom stereocenters.